The fourth-order valence-corrected chi connectivity index (χ4v) is 4.09. The molecule has 0 spiro atoms. The van der Waals surface area contributed by atoms with Crippen LogP contribution in [0.1, 0.15) is 51.0 Å². The number of nitrogens with one attached hydrogen (secondary N) is 1. The summed E-state index contributed by atoms with van der Waals surface area (Å²) in [5.41, 5.74) is 0. The second-order valence-corrected chi connectivity index (χ2v) is 6.41. The third kappa shape index (κ3) is 1.63. The van der Waals surface area contributed by atoms with E-state index in [2.05, 4.69) is 19.7 Å². The molecule has 1 saturated heterocycles. The van der Waals surface area contributed by atoms with E-state index in [-0.39, 0.29) is 0 Å². The maximum Gasteiger partial charge on any atom is 0.226 e. The SMILES string of the molecule is S=c1[nH]nc(N2CCC3CCCCC32)n1C1CC1. The van der Waals surface area contributed by atoms with Gasteiger partial charge >= 0.3 is 0 Å². The Kier molecular flexibility index (Phi) is 2.50. The molecule has 18 heavy (non-hydrogen) atoms. The molecule has 3 fully saturated rings. The van der Waals surface area contributed by atoms with Gasteiger partial charge in [-0.1, -0.05) is 12.8 Å². The lowest BCUT2D eigenvalue weighted by Gasteiger charge is -2.32. The van der Waals surface area contributed by atoms with Gasteiger partial charge in [0, 0.05) is 18.6 Å². The number of rotatable bonds is 2. The number of aromatic nitrogens is 3. The van der Waals surface area contributed by atoms with Gasteiger partial charge < -0.3 is 4.90 Å². The van der Waals surface area contributed by atoms with Gasteiger partial charge in [-0.25, -0.2) is 5.10 Å². The van der Waals surface area contributed by atoms with Crippen LogP contribution in [-0.2, 0) is 0 Å². The van der Waals surface area contributed by atoms with Crippen LogP contribution in [0.4, 0.5) is 5.95 Å². The number of hydrogen-bond acceptors (Lipinski definition) is 3. The summed E-state index contributed by atoms with van der Waals surface area (Å²) in [4.78, 5) is 2.54. The van der Waals surface area contributed by atoms with Gasteiger partial charge in [-0.2, -0.15) is 0 Å². The summed E-state index contributed by atoms with van der Waals surface area (Å²) in [6.45, 7) is 1.17. The molecule has 1 aromatic heterocycles. The Morgan fingerprint density at radius 1 is 1.11 bits per heavy atom. The zero-order valence-corrected chi connectivity index (χ0v) is 11.5. The molecular formula is C13H20N4S. The number of hydrogen-bond donors (Lipinski definition) is 1. The van der Waals surface area contributed by atoms with Crippen LogP contribution >= 0.6 is 12.2 Å². The van der Waals surface area contributed by atoms with Gasteiger partial charge in [-0.05, 0) is 50.2 Å². The molecule has 2 atom stereocenters. The Hall–Kier alpha value is -0.840. The minimum absolute atomic E-state index is 0.619. The van der Waals surface area contributed by atoms with E-state index in [1.54, 1.807) is 0 Å². The first kappa shape index (κ1) is 11.0. The standard InChI is InChI=1S/C13H20N4S/c18-13-15-14-12(17(13)10-5-6-10)16-8-7-9-3-1-2-4-11(9)16/h9-11H,1-8H2,(H,15,18). The minimum atomic E-state index is 0.619. The molecule has 2 aliphatic carbocycles. The Labute approximate surface area is 112 Å². The van der Waals surface area contributed by atoms with Crippen molar-refractivity contribution in [3.63, 3.8) is 0 Å². The lowest BCUT2D eigenvalue weighted by Crippen LogP contribution is -2.36. The summed E-state index contributed by atoms with van der Waals surface area (Å²) in [6, 6.07) is 1.34. The molecule has 1 aliphatic heterocycles. The van der Waals surface area contributed by atoms with Crippen molar-refractivity contribution in [2.45, 2.75) is 57.0 Å². The minimum Gasteiger partial charge on any atom is -0.338 e. The Morgan fingerprint density at radius 2 is 1.94 bits per heavy atom. The molecule has 0 bridgehead atoms. The van der Waals surface area contributed by atoms with Crippen molar-refractivity contribution in [1.29, 1.82) is 0 Å². The van der Waals surface area contributed by atoms with Crippen molar-refractivity contribution in [2.24, 2.45) is 5.92 Å². The third-order valence-electron chi connectivity index (χ3n) is 4.86. The van der Waals surface area contributed by atoms with Crippen LogP contribution < -0.4 is 4.90 Å². The summed E-state index contributed by atoms with van der Waals surface area (Å²) in [7, 11) is 0. The van der Waals surface area contributed by atoms with E-state index in [1.807, 2.05) is 0 Å². The molecule has 5 heteroatoms. The van der Waals surface area contributed by atoms with Gasteiger partial charge in [-0.3, -0.25) is 4.57 Å². The van der Waals surface area contributed by atoms with E-state index < -0.39 is 0 Å². The van der Waals surface area contributed by atoms with Crippen molar-refractivity contribution in [3.8, 4) is 0 Å². The van der Waals surface area contributed by atoms with E-state index in [0.717, 1.165) is 22.7 Å². The van der Waals surface area contributed by atoms with E-state index in [0.29, 0.717) is 6.04 Å². The first-order chi connectivity index (χ1) is 8.84. The predicted octanol–water partition coefficient (Wildman–Crippen LogP) is 3.04. The van der Waals surface area contributed by atoms with E-state index >= 15 is 0 Å². The molecule has 0 aromatic carbocycles. The monoisotopic (exact) mass is 264 g/mol. The van der Waals surface area contributed by atoms with Crippen LogP contribution in [0.5, 0.6) is 0 Å². The average molecular weight is 264 g/mol. The molecular weight excluding hydrogens is 244 g/mol. The molecule has 2 saturated carbocycles. The molecule has 4 rings (SSSR count). The summed E-state index contributed by atoms with van der Waals surface area (Å²) in [5.74, 6) is 2.02. The van der Waals surface area contributed by atoms with Crippen molar-refractivity contribution in [3.05, 3.63) is 4.77 Å². The van der Waals surface area contributed by atoms with Gasteiger partial charge in [0.05, 0.1) is 0 Å². The maximum atomic E-state index is 5.39. The first-order valence-electron chi connectivity index (χ1n) is 7.28. The topological polar surface area (TPSA) is 36.9 Å². The number of aromatic amines is 1. The van der Waals surface area contributed by atoms with Crippen LogP contribution in [0.3, 0.4) is 0 Å². The molecule has 0 radical (unpaired) electrons. The Bertz CT molecular complexity index is 501. The van der Waals surface area contributed by atoms with Crippen LogP contribution in [0, 0.1) is 10.7 Å². The van der Waals surface area contributed by atoms with Crippen molar-refractivity contribution >= 4 is 18.2 Å². The van der Waals surface area contributed by atoms with E-state index in [4.69, 9.17) is 12.2 Å². The Balaban J connectivity index is 1.68. The zero-order valence-electron chi connectivity index (χ0n) is 10.6. The Morgan fingerprint density at radius 3 is 2.78 bits per heavy atom. The highest BCUT2D eigenvalue weighted by molar-refractivity contribution is 7.71. The smallest absolute Gasteiger partial charge is 0.226 e. The van der Waals surface area contributed by atoms with Crippen LogP contribution in [-0.4, -0.2) is 27.4 Å². The number of fused-ring (bicyclic) bond motifs is 1. The van der Waals surface area contributed by atoms with Gasteiger partial charge in [0.25, 0.3) is 0 Å². The third-order valence-corrected chi connectivity index (χ3v) is 5.15. The van der Waals surface area contributed by atoms with Gasteiger partial charge in [-0.15, -0.1) is 5.10 Å². The van der Waals surface area contributed by atoms with Crippen molar-refractivity contribution in [1.82, 2.24) is 14.8 Å². The lowest BCUT2D eigenvalue weighted by molar-refractivity contribution is 0.339. The highest BCUT2D eigenvalue weighted by Gasteiger charge is 2.39. The second kappa shape index (κ2) is 4.08. The predicted molar refractivity (Wildman–Crippen MR) is 73.4 cm³/mol. The number of anilines is 1. The molecule has 1 aromatic rings. The van der Waals surface area contributed by atoms with E-state index in [1.165, 1.54) is 51.5 Å². The summed E-state index contributed by atoms with van der Waals surface area (Å²) >= 11 is 5.39. The second-order valence-electron chi connectivity index (χ2n) is 6.02. The normalized spacial score (nSPS) is 31.7. The van der Waals surface area contributed by atoms with Crippen molar-refractivity contribution in [2.75, 3.05) is 11.4 Å². The maximum absolute atomic E-state index is 5.39. The van der Waals surface area contributed by atoms with Gasteiger partial charge in [0.2, 0.25) is 5.95 Å². The van der Waals surface area contributed by atoms with Crippen LogP contribution in [0.25, 0.3) is 0 Å². The number of nitrogens with zero attached hydrogens (tertiary/aromatic N) is 3. The van der Waals surface area contributed by atoms with Crippen LogP contribution in [0.15, 0.2) is 0 Å². The fourth-order valence-electron chi connectivity index (χ4n) is 3.82. The molecule has 1 N–H and O–H groups in total. The average Bonchev–Trinajstić information content (AvgIpc) is 3.02. The van der Waals surface area contributed by atoms with Gasteiger partial charge in [0.15, 0.2) is 4.77 Å². The number of H-pyrrole nitrogens is 1. The van der Waals surface area contributed by atoms with Gasteiger partial charge in [0.1, 0.15) is 0 Å². The molecule has 98 valence electrons. The largest absolute Gasteiger partial charge is 0.338 e. The summed E-state index contributed by atoms with van der Waals surface area (Å²) < 4.78 is 3.08. The quantitative estimate of drug-likeness (QED) is 0.834. The zero-order chi connectivity index (χ0) is 12.1. The van der Waals surface area contributed by atoms with Crippen LogP contribution in [0.2, 0.25) is 0 Å². The highest BCUT2D eigenvalue weighted by atomic mass is 32.1. The highest BCUT2D eigenvalue weighted by Crippen LogP contribution is 2.42. The molecule has 2 heterocycles. The first-order valence-corrected chi connectivity index (χ1v) is 7.69. The molecule has 3 aliphatic rings. The van der Waals surface area contributed by atoms with Crippen molar-refractivity contribution < 1.29 is 0 Å². The molecule has 2 unspecified atom stereocenters. The summed E-state index contributed by atoms with van der Waals surface area (Å²) in [5, 5.41) is 7.53. The fraction of sp³-hybridized carbons (Fsp3) is 0.846. The molecule has 4 nitrogen and oxygen atoms in total. The summed E-state index contributed by atoms with van der Waals surface area (Å²) in [6.07, 6.45) is 9.43. The van der Waals surface area contributed by atoms with E-state index in [9.17, 15) is 0 Å². The molecule has 0 amide bonds. The lowest BCUT2D eigenvalue weighted by atomic mass is 9.85.